The molecule has 1 atom stereocenters. The molecule has 1 fully saturated rings. The molecule has 1 saturated carbocycles. The van der Waals surface area contributed by atoms with Crippen molar-refractivity contribution in [2.45, 2.75) is 45.6 Å². The van der Waals surface area contributed by atoms with E-state index < -0.39 is 0 Å². The van der Waals surface area contributed by atoms with Crippen LogP contribution in [0.3, 0.4) is 0 Å². The average molecular weight is 213 g/mol. The lowest BCUT2D eigenvalue weighted by molar-refractivity contribution is -0.147. The molecule has 0 heterocycles. The molecule has 0 aromatic rings. The zero-order valence-corrected chi connectivity index (χ0v) is 10.2. The van der Waals surface area contributed by atoms with Crippen molar-refractivity contribution in [3.8, 4) is 0 Å². The van der Waals surface area contributed by atoms with Gasteiger partial charge in [0.25, 0.3) is 0 Å². The first-order chi connectivity index (χ1) is 7.24. The maximum Gasteiger partial charge on any atom is 0.323 e. The second kappa shape index (κ2) is 6.11. The van der Waals surface area contributed by atoms with E-state index in [-0.39, 0.29) is 12.0 Å². The Hall–Kier alpha value is -0.570. The van der Waals surface area contributed by atoms with E-state index in [0.29, 0.717) is 5.92 Å². The van der Waals surface area contributed by atoms with Gasteiger partial charge in [-0.2, -0.15) is 0 Å². The van der Waals surface area contributed by atoms with Gasteiger partial charge in [-0.15, -0.1) is 0 Å². The first-order valence-electron chi connectivity index (χ1n) is 6.06. The predicted molar refractivity (Wildman–Crippen MR) is 60.7 cm³/mol. The van der Waals surface area contributed by atoms with Gasteiger partial charge >= 0.3 is 5.97 Å². The Kier molecular flexibility index (Phi) is 5.09. The Bertz CT molecular complexity index is 202. The molecule has 0 radical (unpaired) electrons. The van der Waals surface area contributed by atoms with E-state index in [4.69, 9.17) is 4.74 Å². The third kappa shape index (κ3) is 3.49. The number of rotatable bonds is 7. The lowest BCUT2D eigenvalue weighted by Crippen LogP contribution is -2.43. The van der Waals surface area contributed by atoms with Crippen LogP contribution in [0.5, 0.6) is 0 Å². The van der Waals surface area contributed by atoms with Gasteiger partial charge in [0.1, 0.15) is 6.04 Å². The highest BCUT2D eigenvalue weighted by Gasteiger charge is 2.40. The number of methoxy groups -OCH3 is 1. The smallest absolute Gasteiger partial charge is 0.323 e. The summed E-state index contributed by atoms with van der Waals surface area (Å²) in [4.78, 5) is 14.0. The first kappa shape index (κ1) is 12.5. The molecule has 0 bridgehead atoms. The predicted octanol–water partition coefficient (Wildman–Crippen LogP) is 2.06. The van der Waals surface area contributed by atoms with Gasteiger partial charge < -0.3 is 4.74 Å². The molecule has 15 heavy (non-hydrogen) atoms. The number of unbranched alkanes of at least 4 members (excludes halogenated alkanes) is 1. The van der Waals surface area contributed by atoms with Crippen LogP contribution >= 0.6 is 0 Å². The van der Waals surface area contributed by atoms with E-state index in [0.717, 1.165) is 19.5 Å². The molecular formula is C12H23NO2. The van der Waals surface area contributed by atoms with Gasteiger partial charge in [0.05, 0.1) is 7.11 Å². The van der Waals surface area contributed by atoms with Gasteiger partial charge in [-0.05, 0) is 38.3 Å². The van der Waals surface area contributed by atoms with Crippen molar-refractivity contribution < 1.29 is 9.53 Å². The highest BCUT2D eigenvalue weighted by atomic mass is 16.5. The van der Waals surface area contributed by atoms with Crippen LogP contribution in [0, 0.1) is 5.92 Å². The fraction of sp³-hybridized carbons (Fsp3) is 0.917. The van der Waals surface area contributed by atoms with Crippen LogP contribution in [0.1, 0.15) is 39.5 Å². The molecule has 1 rings (SSSR count). The molecule has 0 N–H and O–H groups in total. The minimum Gasteiger partial charge on any atom is -0.468 e. The number of hydrogen-bond donors (Lipinski definition) is 0. The zero-order valence-electron chi connectivity index (χ0n) is 10.2. The lowest BCUT2D eigenvalue weighted by atomic mass is 10.1. The topological polar surface area (TPSA) is 29.5 Å². The Labute approximate surface area is 92.8 Å². The van der Waals surface area contributed by atoms with Gasteiger partial charge in [0, 0.05) is 0 Å². The Morgan fingerprint density at radius 1 is 1.47 bits per heavy atom. The van der Waals surface area contributed by atoms with Crippen molar-refractivity contribution in [1.29, 1.82) is 0 Å². The number of esters is 1. The van der Waals surface area contributed by atoms with Crippen molar-refractivity contribution in [3.05, 3.63) is 0 Å². The third-order valence-electron chi connectivity index (χ3n) is 3.11. The molecule has 0 aromatic heterocycles. The minimum absolute atomic E-state index is 0.0200. The van der Waals surface area contributed by atoms with Gasteiger partial charge in [-0.1, -0.05) is 20.3 Å². The summed E-state index contributed by atoms with van der Waals surface area (Å²) in [5, 5.41) is 0. The van der Waals surface area contributed by atoms with E-state index in [1.165, 1.54) is 26.4 Å². The largest absolute Gasteiger partial charge is 0.468 e. The van der Waals surface area contributed by atoms with Gasteiger partial charge in [-0.25, -0.2) is 0 Å². The molecule has 1 unspecified atom stereocenters. The van der Waals surface area contributed by atoms with Crippen LogP contribution in [-0.2, 0) is 9.53 Å². The SMILES string of the molecule is CCCCN(CC)C(C(=O)OC)C1CC1. The standard InChI is InChI=1S/C12H23NO2/c1-4-6-9-13(5-2)11(10-7-8-10)12(14)15-3/h10-11H,4-9H2,1-3H3. The zero-order chi connectivity index (χ0) is 11.3. The maximum absolute atomic E-state index is 11.7. The second-order valence-electron chi connectivity index (χ2n) is 4.29. The van der Waals surface area contributed by atoms with Crippen LogP contribution in [0.15, 0.2) is 0 Å². The van der Waals surface area contributed by atoms with Crippen LogP contribution in [0.25, 0.3) is 0 Å². The first-order valence-corrected chi connectivity index (χ1v) is 6.06. The average Bonchev–Trinajstić information content (AvgIpc) is 3.07. The highest BCUT2D eigenvalue weighted by molar-refractivity contribution is 5.76. The third-order valence-corrected chi connectivity index (χ3v) is 3.11. The monoisotopic (exact) mass is 213 g/mol. The number of ether oxygens (including phenoxy) is 1. The molecule has 0 aliphatic heterocycles. The summed E-state index contributed by atoms with van der Waals surface area (Å²) in [6, 6.07) is 0.0200. The Balaban J connectivity index is 2.54. The molecule has 3 heteroatoms. The highest BCUT2D eigenvalue weighted by Crippen LogP contribution is 2.36. The van der Waals surface area contributed by atoms with Gasteiger partial charge in [0.2, 0.25) is 0 Å². The summed E-state index contributed by atoms with van der Waals surface area (Å²) in [6.07, 6.45) is 4.70. The van der Waals surface area contributed by atoms with Crippen molar-refractivity contribution in [2.24, 2.45) is 5.92 Å². The number of likely N-dealkylation sites (N-methyl/N-ethyl adjacent to an activating group) is 1. The minimum atomic E-state index is -0.0459. The number of nitrogens with zero attached hydrogens (tertiary/aromatic N) is 1. The molecule has 1 aliphatic carbocycles. The number of hydrogen-bond acceptors (Lipinski definition) is 3. The van der Waals surface area contributed by atoms with E-state index in [9.17, 15) is 4.79 Å². The van der Waals surface area contributed by atoms with E-state index in [1.807, 2.05) is 0 Å². The maximum atomic E-state index is 11.7. The molecule has 0 aromatic carbocycles. The molecular weight excluding hydrogens is 190 g/mol. The molecule has 0 saturated heterocycles. The Morgan fingerprint density at radius 2 is 2.13 bits per heavy atom. The molecule has 88 valence electrons. The summed E-state index contributed by atoms with van der Waals surface area (Å²) in [6.45, 7) is 6.26. The molecule has 0 spiro atoms. The van der Waals surface area contributed by atoms with E-state index in [2.05, 4.69) is 18.7 Å². The second-order valence-corrected chi connectivity index (χ2v) is 4.29. The fourth-order valence-electron chi connectivity index (χ4n) is 2.03. The van der Waals surface area contributed by atoms with Crippen molar-refractivity contribution in [2.75, 3.05) is 20.2 Å². The van der Waals surface area contributed by atoms with Crippen LogP contribution in [-0.4, -0.2) is 37.1 Å². The Morgan fingerprint density at radius 3 is 2.53 bits per heavy atom. The van der Waals surface area contributed by atoms with Crippen molar-refractivity contribution in [3.63, 3.8) is 0 Å². The molecule has 1 aliphatic rings. The molecule has 3 nitrogen and oxygen atoms in total. The fourth-order valence-corrected chi connectivity index (χ4v) is 2.03. The molecule has 0 amide bonds. The summed E-state index contributed by atoms with van der Waals surface area (Å²) in [5.74, 6) is 0.504. The van der Waals surface area contributed by atoms with E-state index >= 15 is 0 Å². The number of carbonyl (C=O) groups is 1. The summed E-state index contributed by atoms with van der Waals surface area (Å²) in [5.41, 5.74) is 0. The van der Waals surface area contributed by atoms with E-state index in [1.54, 1.807) is 0 Å². The quantitative estimate of drug-likeness (QED) is 0.606. The summed E-state index contributed by atoms with van der Waals surface area (Å²) >= 11 is 0. The summed E-state index contributed by atoms with van der Waals surface area (Å²) in [7, 11) is 1.49. The van der Waals surface area contributed by atoms with Crippen molar-refractivity contribution in [1.82, 2.24) is 4.90 Å². The summed E-state index contributed by atoms with van der Waals surface area (Å²) < 4.78 is 4.90. The van der Waals surface area contributed by atoms with Crippen LogP contribution < -0.4 is 0 Å². The van der Waals surface area contributed by atoms with Crippen LogP contribution in [0.2, 0.25) is 0 Å². The van der Waals surface area contributed by atoms with Crippen LogP contribution in [0.4, 0.5) is 0 Å². The normalized spacial score (nSPS) is 17.9. The van der Waals surface area contributed by atoms with Gasteiger partial charge in [-0.3, -0.25) is 9.69 Å². The lowest BCUT2D eigenvalue weighted by Gasteiger charge is -2.28. The van der Waals surface area contributed by atoms with Crippen molar-refractivity contribution >= 4 is 5.97 Å². The number of carbonyl (C=O) groups excluding carboxylic acids is 1. The van der Waals surface area contributed by atoms with Gasteiger partial charge in [0.15, 0.2) is 0 Å².